The smallest absolute Gasteiger partial charge is 0.254 e. The summed E-state index contributed by atoms with van der Waals surface area (Å²) in [5.74, 6) is 2.82. The first kappa shape index (κ1) is 25.6. The Hall–Kier alpha value is -2.64. The fraction of sp³-hybridized carbons (Fsp3) is 0.458. The highest BCUT2D eigenvalue weighted by atomic mass is 35.5. The Morgan fingerprint density at radius 3 is 2.16 bits per heavy atom. The van der Waals surface area contributed by atoms with Crippen molar-refractivity contribution < 1.29 is 23.7 Å². The molecule has 0 saturated carbocycles. The fourth-order valence-electron chi connectivity index (χ4n) is 3.85. The highest BCUT2D eigenvalue weighted by molar-refractivity contribution is 5.99. The van der Waals surface area contributed by atoms with Crippen molar-refractivity contribution in [3.8, 4) is 23.0 Å². The second-order valence-electron chi connectivity index (χ2n) is 7.49. The van der Waals surface area contributed by atoms with Crippen LogP contribution in [0.1, 0.15) is 34.3 Å². The predicted molar refractivity (Wildman–Crippen MR) is 127 cm³/mol. The van der Waals surface area contributed by atoms with Gasteiger partial charge in [0.25, 0.3) is 5.91 Å². The molecule has 3 rings (SSSR count). The van der Waals surface area contributed by atoms with E-state index in [0.29, 0.717) is 23.6 Å². The number of amides is 1. The number of methoxy groups -OCH3 is 4. The van der Waals surface area contributed by atoms with E-state index < -0.39 is 0 Å². The summed E-state index contributed by atoms with van der Waals surface area (Å²) in [7, 11) is 6.48. The van der Waals surface area contributed by atoms with Gasteiger partial charge in [0, 0.05) is 18.7 Å². The molecule has 7 nitrogen and oxygen atoms in total. The summed E-state index contributed by atoms with van der Waals surface area (Å²) in [6.45, 7) is 3.14. The van der Waals surface area contributed by atoms with Crippen LogP contribution in [-0.2, 0) is 13.0 Å². The van der Waals surface area contributed by atoms with E-state index >= 15 is 0 Å². The standard InChI is InChI=1S/C24H32N2O5.ClH/c1-28-20-9-8-17(13-21(20)29-2)7-5-10-25-11-6-12-26-16-18-14-22(30-3)23(31-4)15-19(18)24(26)27;/h8-9,13-15,25H,5-7,10-12,16H2,1-4H3;1H. The Kier molecular flexibility index (Phi) is 9.94. The fourth-order valence-corrected chi connectivity index (χ4v) is 3.85. The van der Waals surface area contributed by atoms with Crippen molar-refractivity contribution in [2.45, 2.75) is 25.8 Å². The van der Waals surface area contributed by atoms with Crippen LogP contribution >= 0.6 is 12.4 Å². The van der Waals surface area contributed by atoms with Gasteiger partial charge in [-0.05, 0) is 67.7 Å². The summed E-state index contributed by atoms with van der Waals surface area (Å²) < 4.78 is 21.3. The van der Waals surface area contributed by atoms with Crippen LogP contribution in [0, 0.1) is 0 Å². The van der Waals surface area contributed by atoms with Crippen molar-refractivity contribution in [1.82, 2.24) is 10.2 Å². The van der Waals surface area contributed by atoms with Gasteiger partial charge in [0.15, 0.2) is 23.0 Å². The van der Waals surface area contributed by atoms with Crippen molar-refractivity contribution in [2.24, 2.45) is 0 Å². The largest absolute Gasteiger partial charge is 0.493 e. The normalized spacial score (nSPS) is 12.2. The van der Waals surface area contributed by atoms with E-state index in [-0.39, 0.29) is 18.3 Å². The molecular weight excluding hydrogens is 432 g/mol. The second kappa shape index (κ2) is 12.4. The third kappa shape index (κ3) is 5.99. The maximum Gasteiger partial charge on any atom is 0.254 e. The van der Waals surface area contributed by atoms with Gasteiger partial charge in [-0.25, -0.2) is 0 Å². The van der Waals surface area contributed by atoms with Gasteiger partial charge in [0.05, 0.1) is 28.4 Å². The Bertz CT molecular complexity index is 906. The molecule has 176 valence electrons. The summed E-state index contributed by atoms with van der Waals surface area (Å²) in [6.07, 6.45) is 2.91. The molecule has 0 spiro atoms. The summed E-state index contributed by atoms with van der Waals surface area (Å²) in [4.78, 5) is 14.6. The lowest BCUT2D eigenvalue weighted by Gasteiger charge is -2.15. The van der Waals surface area contributed by atoms with Crippen molar-refractivity contribution in [1.29, 1.82) is 0 Å². The molecule has 0 aliphatic carbocycles. The molecule has 0 atom stereocenters. The summed E-state index contributed by atoms with van der Waals surface area (Å²) in [6, 6.07) is 9.72. The molecule has 0 unspecified atom stereocenters. The molecule has 2 aromatic rings. The van der Waals surface area contributed by atoms with Gasteiger partial charge >= 0.3 is 0 Å². The maximum absolute atomic E-state index is 12.7. The molecule has 0 fully saturated rings. The van der Waals surface area contributed by atoms with Gasteiger partial charge in [-0.3, -0.25) is 4.79 Å². The number of nitrogens with one attached hydrogen (secondary N) is 1. The maximum atomic E-state index is 12.7. The minimum absolute atomic E-state index is 0. The lowest BCUT2D eigenvalue weighted by Crippen LogP contribution is -2.28. The number of aryl methyl sites for hydroxylation is 1. The third-order valence-corrected chi connectivity index (χ3v) is 5.54. The molecule has 0 radical (unpaired) electrons. The SMILES string of the molecule is COc1ccc(CCCNCCCN2Cc3cc(OC)c(OC)cc3C2=O)cc1OC.Cl. The average Bonchev–Trinajstić information content (AvgIpc) is 3.11. The zero-order valence-corrected chi connectivity index (χ0v) is 20.0. The zero-order chi connectivity index (χ0) is 22.2. The van der Waals surface area contributed by atoms with E-state index in [1.54, 1.807) is 34.5 Å². The first-order valence-corrected chi connectivity index (χ1v) is 10.6. The number of hydrogen-bond donors (Lipinski definition) is 1. The van der Waals surface area contributed by atoms with Gasteiger partial charge in [-0.15, -0.1) is 12.4 Å². The van der Waals surface area contributed by atoms with Crippen LogP contribution in [0.25, 0.3) is 0 Å². The van der Waals surface area contributed by atoms with E-state index in [2.05, 4.69) is 11.4 Å². The number of carbonyl (C=O) groups is 1. The molecule has 1 N–H and O–H groups in total. The highest BCUT2D eigenvalue weighted by Gasteiger charge is 2.28. The monoisotopic (exact) mass is 464 g/mol. The first-order valence-electron chi connectivity index (χ1n) is 10.6. The Morgan fingerprint density at radius 2 is 1.47 bits per heavy atom. The Balaban J connectivity index is 0.00000363. The Morgan fingerprint density at radius 1 is 0.844 bits per heavy atom. The van der Waals surface area contributed by atoms with Crippen molar-refractivity contribution in [3.63, 3.8) is 0 Å². The third-order valence-electron chi connectivity index (χ3n) is 5.54. The number of carbonyl (C=O) groups excluding carboxylic acids is 1. The van der Waals surface area contributed by atoms with Crippen LogP contribution in [0.3, 0.4) is 0 Å². The summed E-state index contributed by atoms with van der Waals surface area (Å²) in [5, 5.41) is 3.47. The number of hydrogen-bond acceptors (Lipinski definition) is 6. The minimum atomic E-state index is 0. The number of halogens is 1. The van der Waals surface area contributed by atoms with Gasteiger partial charge < -0.3 is 29.2 Å². The summed E-state index contributed by atoms with van der Waals surface area (Å²) in [5.41, 5.74) is 2.93. The van der Waals surface area contributed by atoms with E-state index in [1.807, 2.05) is 23.1 Å². The lowest BCUT2D eigenvalue weighted by molar-refractivity contribution is 0.0776. The van der Waals surface area contributed by atoms with Crippen LogP contribution < -0.4 is 24.3 Å². The molecule has 0 aromatic heterocycles. The molecule has 1 amide bonds. The molecule has 1 aliphatic heterocycles. The van der Waals surface area contributed by atoms with E-state index in [0.717, 1.165) is 56.0 Å². The quantitative estimate of drug-likeness (QED) is 0.483. The Labute approximate surface area is 196 Å². The van der Waals surface area contributed by atoms with Crippen LogP contribution in [0.5, 0.6) is 23.0 Å². The van der Waals surface area contributed by atoms with Crippen LogP contribution in [0.15, 0.2) is 30.3 Å². The predicted octanol–water partition coefficient (Wildman–Crippen LogP) is 3.71. The van der Waals surface area contributed by atoms with Crippen LogP contribution in [0.4, 0.5) is 0 Å². The van der Waals surface area contributed by atoms with Gasteiger partial charge in [0.2, 0.25) is 0 Å². The lowest BCUT2D eigenvalue weighted by atomic mass is 10.1. The molecule has 0 bridgehead atoms. The van der Waals surface area contributed by atoms with Gasteiger partial charge in [0.1, 0.15) is 0 Å². The van der Waals surface area contributed by atoms with Crippen LogP contribution in [-0.4, -0.2) is 58.9 Å². The second-order valence-corrected chi connectivity index (χ2v) is 7.49. The van der Waals surface area contributed by atoms with E-state index in [9.17, 15) is 4.79 Å². The molecule has 1 aliphatic rings. The van der Waals surface area contributed by atoms with Gasteiger partial charge in [-0.2, -0.15) is 0 Å². The van der Waals surface area contributed by atoms with Crippen molar-refractivity contribution in [3.05, 3.63) is 47.0 Å². The van der Waals surface area contributed by atoms with E-state index in [1.165, 1.54) is 5.56 Å². The molecule has 1 heterocycles. The number of rotatable bonds is 12. The number of nitrogens with zero attached hydrogens (tertiary/aromatic N) is 1. The number of fused-ring (bicyclic) bond motifs is 1. The minimum Gasteiger partial charge on any atom is -0.493 e. The molecular formula is C24H33ClN2O5. The van der Waals surface area contributed by atoms with E-state index in [4.69, 9.17) is 18.9 Å². The molecule has 32 heavy (non-hydrogen) atoms. The molecule has 8 heteroatoms. The number of ether oxygens (including phenoxy) is 4. The zero-order valence-electron chi connectivity index (χ0n) is 19.2. The van der Waals surface area contributed by atoms with Gasteiger partial charge in [-0.1, -0.05) is 6.07 Å². The average molecular weight is 465 g/mol. The topological polar surface area (TPSA) is 69.3 Å². The van der Waals surface area contributed by atoms with Crippen molar-refractivity contribution in [2.75, 3.05) is 48.1 Å². The molecule has 2 aromatic carbocycles. The molecule has 0 saturated heterocycles. The first-order chi connectivity index (χ1) is 15.1. The van der Waals surface area contributed by atoms with Crippen molar-refractivity contribution >= 4 is 18.3 Å². The number of benzene rings is 2. The summed E-state index contributed by atoms with van der Waals surface area (Å²) >= 11 is 0. The van der Waals surface area contributed by atoms with Crippen LogP contribution in [0.2, 0.25) is 0 Å². The highest BCUT2D eigenvalue weighted by Crippen LogP contribution is 2.35.